The van der Waals surface area contributed by atoms with Gasteiger partial charge >= 0.3 is 0 Å². The highest BCUT2D eigenvalue weighted by Gasteiger charge is 2.54. The van der Waals surface area contributed by atoms with Gasteiger partial charge in [0.2, 0.25) is 0 Å². The zero-order valence-corrected chi connectivity index (χ0v) is 17.9. The summed E-state index contributed by atoms with van der Waals surface area (Å²) in [4.78, 5) is 35.7. The van der Waals surface area contributed by atoms with Gasteiger partial charge in [0.1, 0.15) is 0 Å². The number of nitrogens with zero attached hydrogens (tertiary/aromatic N) is 3. The third-order valence-corrected chi connectivity index (χ3v) is 6.93. The predicted molar refractivity (Wildman–Crippen MR) is 116 cm³/mol. The number of furan rings is 1. The van der Waals surface area contributed by atoms with E-state index in [1.54, 1.807) is 24.7 Å². The summed E-state index contributed by atoms with van der Waals surface area (Å²) in [6, 6.07) is 5.46. The molecular formula is C24H26N4O3. The van der Waals surface area contributed by atoms with Crippen LogP contribution in [0.4, 0.5) is 0 Å². The van der Waals surface area contributed by atoms with Gasteiger partial charge in [-0.15, -0.1) is 0 Å². The van der Waals surface area contributed by atoms with Gasteiger partial charge in [-0.25, -0.2) is 0 Å². The number of rotatable bonds is 4. The van der Waals surface area contributed by atoms with Gasteiger partial charge in [0.15, 0.2) is 11.3 Å². The first-order valence-electron chi connectivity index (χ1n) is 10.8. The van der Waals surface area contributed by atoms with Crippen molar-refractivity contribution >= 4 is 22.8 Å². The first-order valence-corrected chi connectivity index (χ1v) is 10.8. The minimum absolute atomic E-state index is 0.0997. The monoisotopic (exact) mass is 418 g/mol. The molecule has 1 aliphatic carbocycles. The molecule has 1 N–H and O–H groups in total. The van der Waals surface area contributed by atoms with Crippen LogP contribution in [0.15, 0.2) is 41.2 Å². The number of carbonyl (C=O) groups is 2. The zero-order valence-electron chi connectivity index (χ0n) is 17.9. The number of aryl methyl sites for hydroxylation is 2. The SMILES string of the molecule is Cc1cc(C(=O)N2CCC3(CC2)CC3CNC(=O)c2cc3ccncc3o2)c(C)cn1. The second kappa shape index (κ2) is 7.48. The number of hydrogen-bond donors (Lipinski definition) is 1. The van der Waals surface area contributed by atoms with Crippen molar-refractivity contribution in [2.75, 3.05) is 19.6 Å². The molecule has 3 aromatic rings. The zero-order chi connectivity index (χ0) is 21.6. The second-order valence-corrected chi connectivity index (χ2v) is 8.93. The fraction of sp³-hybridized carbons (Fsp3) is 0.417. The lowest BCUT2D eigenvalue weighted by Gasteiger charge is -2.33. The van der Waals surface area contributed by atoms with Crippen LogP contribution in [-0.2, 0) is 0 Å². The molecule has 1 atom stereocenters. The number of nitrogens with one attached hydrogen (secondary N) is 1. The van der Waals surface area contributed by atoms with Crippen molar-refractivity contribution in [2.45, 2.75) is 33.1 Å². The van der Waals surface area contributed by atoms with Gasteiger partial charge in [0, 0.05) is 48.7 Å². The normalized spacial score (nSPS) is 19.5. The summed E-state index contributed by atoms with van der Waals surface area (Å²) in [5.74, 6) is 0.697. The van der Waals surface area contributed by atoms with Crippen LogP contribution in [0.25, 0.3) is 11.0 Å². The maximum absolute atomic E-state index is 13.0. The first kappa shape index (κ1) is 19.7. The van der Waals surface area contributed by atoms with Crippen LogP contribution in [0.5, 0.6) is 0 Å². The number of likely N-dealkylation sites (tertiary alicyclic amines) is 1. The molecule has 2 amide bonds. The summed E-state index contributed by atoms with van der Waals surface area (Å²) in [5.41, 5.74) is 3.41. The van der Waals surface area contributed by atoms with Crippen LogP contribution >= 0.6 is 0 Å². The number of carbonyl (C=O) groups excluding carboxylic acids is 2. The third kappa shape index (κ3) is 3.69. The first-order chi connectivity index (χ1) is 14.9. The average Bonchev–Trinajstić information content (AvgIpc) is 3.25. The number of amides is 2. The molecule has 4 heterocycles. The molecule has 7 nitrogen and oxygen atoms in total. The standard InChI is InChI=1S/C24H26N4O3/c1-15-12-26-16(2)9-19(15)23(30)28-7-4-24(5-8-28)11-18(24)13-27-22(29)20-10-17-3-6-25-14-21(17)31-20/h3,6,9-10,12,14,18H,4-5,7-8,11,13H2,1-2H3,(H,27,29). The Morgan fingerprint density at radius 3 is 2.81 bits per heavy atom. The van der Waals surface area contributed by atoms with E-state index in [-0.39, 0.29) is 17.2 Å². The van der Waals surface area contributed by atoms with Crippen molar-refractivity contribution in [3.8, 4) is 0 Å². The highest BCUT2D eigenvalue weighted by atomic mass is 16.3. The van der Waals surface area contributed by atoms with Gasteiger partial charge in [0.05, 0.1) is 6.20 Å². The molecule has 31 heavy (non-hydrogen) atoms. The Hall–Kier alpha value is -3.22. The van der Waals surface area contributed by atoms with E-state index in [4.69, 9.17) is 4.42 Å². The number of hydrogen-bond acceptors (Lipinski definition) is 5. The average molecular weight is 418 g/mol. The molecule has 1 spiro atoms. The Morgan fingerprint density at radius 2 is 2.03 bits per heavy atom. The van der Waals surface area contributed by atoms with Crippen LogP contribution in [0.1, 0.15) is 51.4 Å². The van der Waals surface area contributed by atoms with Crippen molar-refractivity contribution in [1.82, 2.24) is 20.2 Å². The molecule has 7 heteroatoms. The van der Waals surface area contributed by atoms with E-state index in [0.29, 0.717) is 23.8 Å². The quantitative estimate of drug-likeness (QED) is 0.700. The van der Waals surface area contributed by atoms with E-state index in [0.717, 1.165) is 54.6 Å². The molecular weight excluding hydrogens is 392 g/mol. The summed E-state index contributed by atoms with van der Waals surface area (Å²) in [7, 11) is 0. The maximum Gasteiger partial charge on any atom is 0.287 e. The summed E-state index contributed by atoms with van der Waals surface area (Å²) >= 11 is 0. The van der Waals surface area contributed by atoms with E-state index >= 15 is 0 Å². The second-order valence-electron chi connectivity index (χ2n) is 8.93. The molecule has 1 saturated carbocycles. The van der Waals surface area contributed by atoms with Gasteiger partial charge in [-0.3, -0.25) is 19.6 Å². The molecule has 5 rings (SSSR count). The van der Waals surface area contributed by atoms with Crippen molar-refractivity contribution < 1.29 is 14.0 Å². The topological polar surface area (TPSA) is 88.3 Å². The van der Waals surface area contributed by atoms with E-state index in [1.807, 2.05) is 30.9 Å². The maximum atomic E-state index is 13.0. The van der Waals surface area contributed by atoms with Crippen molar-refractivity contribution in [3.05, 3.63) is 59.4 Å². The van der Waals surface area contributed by atoms with Crippen LogP contribution in [0.3, 0.4) is 0 Å². The van der Waals surface area contributed by atoms with Crippen LogP contribution in [-0.4, -0.2) is 46.3 Å². The molecule has 0 radical (unpaired) electrons. The third-order valence-electron chi connectivity index (χ3n) is 6.93. The number of fused-ring (bicyclic) bond motifs is 1. The highest BCUT2D eigenvalue weighted by molar-refractivity contribution is 5.96. The van der Waals surface area contributed by atoms with Crippen LogP contribution < -0.4 is 5.32 Å². The van der Waals surface area contributed by atoms with Gasteiger partial charge in [-0.2, -0.15) is 0 Å². The van der Waals surface area contributed by atoms with Crippen molar-refractivity contribution in [3.63, 3.8) is 0 Å². The molecule has 0 bridgehead atoms. The van der Waals surface area contributed by atoms with Gasteiger partial charge in [-0.05, 0) is 68.2 Å². The Balaban J connectivity index is 1.15. The van der Waals surface area contributed by atoms with E-state index < -0.39 is 0 Å². The lowest BCUT2D eigenvalue weighted by molar-refractivity contribution is 0.0667. The van der Waals surface area contributed by atoms with E-state index in [9.17, 15) is 9.59 Å². The predicted octanol–water partition coefficient (Wildman–Crippen LogP) is 3.51. The van der Waals surface area contributed by atoms with Gasteiger partial charge < -0.3 is 14.6 Å². The minimum Gasteiger partial charge on any atom is -0.449 e. The summed E-state index contributed by atoms with van der Waals surface area (Å²) in [6.07, 6.45) is 8.14. The molecule has 2 fully saturated rings. The summed E-state index contributed by atoms with van der Waals surface area (Å²) < 4.78 is 5.60. The Bertz CT molecular complexity index is 1130. The van der Waals surface area contributed by atoms with Gasteiger partial charge in [-0.1, -0.05) is 0 Å². The van der Waals surface area contributed by atoms with Gasteiger partial charge in [0.25, 0.3) is 11.8 Å². The minimum atomic E-state index is -0.186. The van der Waals surface area contributed by atoms with Crippen LogP contribution in [0, 0.1) is 25.2 Å². The Labute approximate surface area is 180 Å². The molecule has 3 aromatic heterocycles. The summed E-state index contributed by atoms with van der Waals surface area (Å²) in [6.45, 7) is 6.02. The molecule has 1 aliphatic heterocycles. The van der Waals surface area contributed by atoms with E-state index in [2.05, 4.69) is 15.3 Å². The smallest absolute Gasteiger partial charge is 0.287 e. The lowest BCUT2D eigenvalue weighted by atomic mass is 9.90. The molecule has 2 aliphatic rings. The fourth-order valence-electron chi connectivity index (χ4n) is 4.82. The van der Waals surface area contributed by atoms with Crippen molar-refractivity contribution in [2.24, 2.45) is 11.3 Å². The van der Waals surface area contributed by atoms with Crippen LogP contribution in [0.2, 0.25) is 0 Å². The molecule has 0 aromatic carbocycles. The number of pyridine rings is 2. The van der Waals surface area contributed by atoms with Crippen molar-refractivity contribution in [1.29, 1.82) is 0 Å². The molecule has 1 unspecified atom stereocenters. The number of aromatic nitrogens is 2. The largest absolute Gasteiger partial charge is 0.449 e. The van der Waals surface area contributed by atoms with E-state index in [1.165, 1.54) is 0 Å². The molecule has 1 saturated heterocycles. The highest BCUT2D eigenvalue weighted by Crippen LogP contribution is 2.59. The fourth-order valence-corrected chi connectivity index (χ4v) is 4.82. The number of piperidine rings is 1. The lowest BCUT2D eigenvalue weighted by Crippen LogP contribution is -2.40. The Kier molecular flexibility index (Phi) is 4.76. The summed E-state index contributed by atoms with van der Waals surface area (Å²) in [5, 5.41) is 3.90. The molecule has 160 valence electrons. The Morgan fingerprint density at radius 1 is 1.23 bits per heavy atom.